The van der Waals surface area contributed by atoms with Gasteiger partial charge >= 0.3 is 0 Å². The lowest BCUT2D eigenvalue weighted by Crippen LogP contribution is -2.55. The maximum Gasteiger partial charge on any atom is 0.0854 e. The Morgan fingerprint density at radius 3 is 2.52 bits per heavy atom. The van der Waals surface area contributed by atoms with Crippen molar-refractivity contribution in [2.24, 2.45) is 0 Å². The number of aliphatic hydroxyl groups is 1. The average molecular weight is 285 g/mol. The van der Waals surface area contributed by atoms with E-state index >= 15 is 0 Å². The quantitative estimate of drug-likeness (QED) is 0.919. The van der Waals surface area contributed by atoms with Crippen LogP contribution in [0.3, 0.4) is 0 Å². The maximum atomic E-state index is 9.48. The third-order valence-corrected chi connectivity index (χ3v) is 4.61. The van der Waals surface area contributed by atoms with E-state index in [9.17, 15) is 5.11 Å². The topological polar surface area (TPSA) is 39.6 Å². The number of benzene rings is 1. The fourth-order valence-corrected chi connectivity index (χ4v) is 3.15. The Balaban J connectivity index is 2.07. The highest BCUT2D eigenvalue weighted by atomic mass is 16.3. The second-order valence-electron chi connectivity index (χ2n) is 6.08. The number of fused-ring (bicyclic) bond motifs is 1. The molecule has 1 aliphatic heterocycles. The Labute approximate surface area is 126 Å². The molecule has 0 saturated carbocycles. The number of aliphatic hydroxyl groups excluding tert-OH is 1. The van der Waals surface area contributed by atoms with Crippen LogP contribution in [0.4, 0.5) is 5.69 Å². The van der Waals surface area contributed by atoms with Gasteiger partial charge < -0.3 is 10.0 Å². The van der Waals surface area contributed by atoms with Crippen LogP contribution >= 0.6 is 0 Å². The number of para-hydroxylation sites is 1. The van der Waals surface area contributed by atoms with E-state index in [0.29, 0.717) is 12.1 Å². The summed E-state index contributed by atoms with van der Waals surface area (Å²) in [5.74, 6) is 0. The molecule has 1 N–H and O–H groups in total. The molecular formula is C17H23N3O. The van der Waals surface area contributed by atoms with Gasteiger partial charge in [-0.3, -0.25) is 9.88 Å². The standard InChI is InChI=1S/C17H23N3O/c1-12-9-20(10-13(2)19(12)3)17-8-14(11-21)18-16-7-5-4-6-15(16)17/h4-8,12-13,21H,9-11H2,1-3H3. The number of rotatable bonds is 2. The van der Waals surface area contributed by atoms with Gasteiger partial charge in [0.15, 0.2) is 0 Å². The van der Waals surface area contributed by atoms with Crippen LogP contribution in [-0.4, -0.2) is 47.2 Å². The van der Waals surface area contributed by atoms with Crippen LogP contribution in [0.25, 0.3) is 10.9 Å². The van der Waals surface area contributed by atoms with Gasteiger partial charge in [0.1, 0.15) is 0 Å². The minimum absolute atomic E-state index is 0.0172. The van der Waals surface area contributed by atoms with Crippen LogP contribution in [-0.2, 0) is 6.61 Å². The van der Waals surface area contributed by atoms with E-state index in [-0.39, 0.29) is 6.61 Å². The van der Waals surface area contributed by atoms with Gasteiger partial charge in [-0.2, -0.15) is 0 Å². The van der Waals surface area contributed by atoms with E-state index in [4.69, 9.17) is 0 Å². The molecule has 1 aliphatic rings. The van der Waals surface area contributed by atoms with E-state index in [1.165, 1.54) is 11.1 Å². The van der Waals surface area contributed by atoms with E-state index in [1.54, 1.807) is 0 Å². The van der Waals surface area contributed by atoms with Crippen LogP contribution in [0.15, 0.2) is 30.3 Å². The summed E-state index contributed by atoms with van der Waals surface area (Å²) in [6.45, 7) is 6.51. The first-order valence-electron chi connectivity index (χ1n) is 7.56. The number of nitrogens with zero attached hydrogens (tertiary/aromatic N) is 3. The van der Waals surface area contributed by atoms with Crippen molar-refractivity contribution in [2.75, 3.05) is 25.0 Å². The van der Waals surface area contributed by atoms with Crippen LogP contribution in [0.2, 0.25) is 0 Å². The summed E-state index contributed by atoms with van der Waals surface area (Å²) in [6, 6.07) is 11.2. The van der Waals surface area contributed by atoms with Gasteiger partial charge in [0.2, 0.25) is 0 Å². The van der Waals surface area contributed by atoms with Gasteiger partial charge in [-0.15, -0.1) is 0 Å². The molecule has 21 heavy (non-hydrogen) atoms. The van der Waals surface area contributed by atoms with Gasteiger partial charge in [-0.25, -0.2) is 0 Å². The molecule has 0 radical (unpaired) electrons. The SMILES string of the molecule is CC1CN(c2cc(CO)nc3ccccc23)CC(C)N1C. The Kier molecular flexibility index (Phi) is 3.83. The van der Waals surface area contributed by atoms with E-state index in [1.807, 2.05) is 18.2 Å². The lowest BCUT2D eigenvalue weighted by molar-refractivity contribution is 0.170. The summed E-state index contributed by atoms with van der Waals surface area (Å²) in [5.41, 5.74) is 2.89. The van der Waals surface area contributed by atoms with Crippen molar-refractivity contribution in [1.29, 1.82) is 0 Å². The van der Waals surface area contributed by atoms with E-state index < -0.39 is 0 Å². The van der Waals surface area contributed by atoms with E-state index in [0.717, 1.165) is 24.3 Å². The molecule has 2 unspecified atom stereocenters. The molecule has 112 valence electrons. The van der Waals surface area contributed by atoms with E-state index in [2.05, 4.69) is 47.8 Å². The highest BCUT2D eigenvalue weighted by Crippen LogP contribution is 2.29. The zero-order valence-electron chi connectivity index (χ0n) is 13.0. The summed E-state index contributed by atoms with van der Waals surface area (Å²) in [4.78, 5) is 9.37. The smallest absolute Gasteiger partial charge is 0.0854 e. The molecule has 0 bridgehead atoms. The molecule has 4 heteroatoms. The number of hydrogen-bond acceptors (Lipinski definition) is 4. The Hall–Kier alpha value is -1.65. The zero-order chi connectivity index (χ0) is 15.0. The van der Waals surface area contributed by atoms with Crippen molar-refractivity contribution >= 4 is 16.6 Å². The summed E-state index contributed by atoms with van der Waals surface area (Å²) < 4.78 is 0. The number of pyridine rings is 1. The fourth-order valence-electron chi connectivity index (χ4n) is 3.15. The Morgan fingerprint density at radius 1 is 1.19 bits per heavy atom. The van der Waals surface area contributed by atoms with Crippen LogP contribution in [0, 0.1) is 0 Å². The minimum atomic E-state index is -0.0172. The molecule has 1 aromatic heterocycles. The molecule has 0 aliphatic carbocycles. The second kappa shape index (κ2) is 5.62. The predicted molar refractivity (Wildman–Crippen MR) is 86.6 cm³/mol. The summed E-state index contributed by atoms with van der Waals surface area (Å²) >= 11 is 0. The highest BCUT2D eigenvalue weighted by molar-refractivity contribution is 5.92. The average Bonchev–Trinajstić information content (AvgIpc) is 2.51. The zero-order valence-corrected chi connectivity index (χ0v) is 13.0. The van der Waals surface area contributed by atoms with Crippen molar-refractivity contribution in [3.8, 4) is 0 Å². The van der Waals surface area contributed by atoms with Gasteiger partial charge in [-0.05, 0) is 33.0 Å². The summed E-state index contributed by atoms with van der Waals surface area (Å²) in [5, 5.41) is 10.6. The number of likely N-dealkylation sites (N-methyl/N-ethyl adjacent to an activating group) is 1. The first-order chi connectivity index (χ1) is 10.1. The third kappa shape index (κ3) is 2.61. The normalized spacial score (nSPS) is 23.7. The summed E-state index contributed by atoms with van der Waals surface area (Å²) in [7, 11) is 2.19. The molecule has 1 aromatic carbocycles. The maximum absolute atomic E-state index is 9.48. The predicted octanol–water partition coefficient (Wildman–Crippen LogP) is 2.26. The largest absolute Gasteiger partial charge is 0.390 e. The van der Waals surface area contributed by atoms with Gasteiger partial charge in [0.25, 0.3) is 0 Å². The molecule has 1 fully saturated rings. The Bertz CT molecular complexity index is 631. The van der Waals surface area contributed by atoms with Crippen molar-refractivity contribution in [2.45, 2.75) is 32.5 Å². The molecule has 2 atom stereocenters. The molecule has 0 spiro atoms. The third-order valence-electron chi connectivity index (χ3n) is 4.61. The summed E-state index contributed by atoms with van der Waals surface area (Å²) in [6.07, 6.45) is 0. The molecule has 4 nitrogen and oxygen atoms in total. The highest BCUT2D eigenvalue weighted by Gasteiger charge is 2.27. The van der Waals surface area contributed by atoms with Crippen LogP contribution in [0.1, 0.15) is 19.5 Å². The van der Waals surface area contributed by atoms with Gasteiger partial charge in [-0.1, -0.05) is 18.2 Å². The van der Waals surface area contributed by atoms with Crippen LogP contribution < -0.4 is 4.90 Å². The van der Waals surface area contributed by atoms with Crippen LogP contribution in [0.5, 0.6) is 0 Å². The molecule has 3 rings (SSSR count). The molecule has 2 aromatic rings. The van der Waals surface area contributed by atoms with Crippen molar-refractivity contribution in [1.82, 2.24) is 9.88 Å². The Morgan fingerprint density at radius 2 is 1.86 bits per heavy atom. The van der Waals surface area contributed by atoms with Gasteiger partial charge in [0, 0.05) is 36.2 Å². The monoisotopic (exact) mass is 285 g/mol. The number of anilines is 1. The minimum Gasteiger partial charge on any atom is -0.390 e. The number of piperazine rings is 1. The van der Waals surface area contributed by atoms with Crippen molar-refractivity contribution < 1.29 is 5.11 Å². The fraction of sp³-hybridized carbons (Fsp3) is 0.471. The molecule has 1 saturated heterocycles. The first-order valence-corrected chi connectivity index (χ1v) is 7.56. The first kappa shape index (κ1) is 14.3. The lowest BCUT2D eigenvalue weighted by Gasteiger charge is -2.43. The lowest BCUT2D eigenvalue weighted by atomic mass is 10.1. The second-order valence-corrected chi connectivity index (χ2v) is 6.08. The molecular weight excluding hydrogens is 262 g/mol. The van der Waals surface area contributed by atoms with Crippen molar-refractivity contribution in [3.63, 3.8) is 0 Å². The molecule has 2 heterocycles. The number of aromatic nitrogens is 1. The van der Waals surface area contributed by atoms with Crippen molar-refractivity contribution in [3.05, 3.63) is 36.0 Å². The molecule has 0 amide bonds. The van der Waals surface area contributed by atoms with Gasteiger partial charge in [0.05, 0.1) is 17.8 Å². The number of hydrogen-bond donors (Lipinski definition) is 1.